The molecule has 21 heavy (non-hydrogen) atoms. The number of hydrogen-bond donors (Lipinski definition) is 0. The van der Waals surface area contributed by atoms with Gasteiger partial charge in [0.05, 0.1) is 18.4 Å². The molecule has 3 rings (SSSR count). The predicted octanol–water partition coefficient (Wildman–Crippen LogP) is 2.82. The van der Waals surface area contributed by atoms with Crippen LogP contribution in [0, 0.1) is 5.95 Å². The maximum Gasteiger partial charge on any atom is 0.263 e. The molecule has 0 saturated carbocycles. The Bertz CT molecular complexity index is 673. The van der Waals surface area contributed by atoms with Crippen LogP contribution in [0.25, 0.3) is 0 Å². The Hall–Kier alpha value is -2.43. The molecule has 2 aromatic rings. The average Bonchev–Trinajstić information content (AvgIpc) is 2.53. The number of methoxy groups -OCH3 is 1. The summed E-state index contributed by atoms with van der Waals surface area (Å²) in [5, 5.41) is 0. The number of carbonyl (C=O) groups excluding carboxylic acids is 1. The van der Waals surface area contributed by atoms with E-state index in [1.807, 2.05) is 18.2 Å². The number of nitrogens with zero attached hydrogens (tertiary/aromatic N) is 2. The zero-order valence-electron chi connectivity index (χ0n) is 11.7. The van der Waals surface area contributed by atoms with Crippen LogP contribution in [0.15, 0.2) is 36.5 Å². The molecule has 5 heteroatoms. The number of anilines is 1. The summed E-state index contributed by atoms with van der Waals surface area (Å²) >= 11 is 0. The maximum atomic E-state index is 13.8. The first-order chi connectivity index (χ1) is 10.2. The van der Waals surface area contributed by atoms with E-state index in [1.54, 1.807) is 18.1 Å². The van der Waals surface area contributed by atoms with Gasteiger partial charge in [0.1, 0.15) is 5.75 Å². The Kier molecular flexibility index (Phi) is 3.56. The van der Waals surface area contributed by atoms with E-state index in [4.69, 9.17) is 4.74 Å². The number of para-hydroxylation sites is 1. The van der Waals surface area contributed by atoms with Gasteiger partial charge in [0.15, 0.2) is 0 Å². The van der Waals surface area contributed by atoms with Crippen molar-refractivity contribution in [2.45, 2.75) is 12.8 Å². The molecule has 1 aromatic heterocycles. The number of hydrogen-bond acceptors (Lipinski definition) is 3. The Labute approximate surface area is 122 Å². The van der Waals surface area contributed by atoms with Gasteiger partial charge in [-0.1, -0.05) is 12.1 Å². The Morgan fingerprint density at radius 3 is 2.95 bits per heavy atom. The minimum Gasteiger partial charge on any atom is -0.495 e. The summed E-state index contributed by atoms with van der Waals surface area (Å²) in [7, 11) is 1.57. The van der Waals surface area contributed by atoms with Crippen LogP contribution in [0.2, 0.25) is 0 Å². The maximum absolute atomic E-state index is 13.8. The molecule has 0 aliphatic carbocycles. The highest BCUT2D eigenvalue weighted by Gasteiger charge is 2.28. The van der Waals surface area contributed by atoms with Gasteiger partial charge in [-0.2, -0.15) is 4.39 Å². The molecular formula is C16H15FN2O2. The number of rotatable bonds is 2. The largest absolute Gasteiger partial charge is 0.495 e. The van der Waals surface area contributed by atoms with Crippen molar-refractivity contribution in [3.05, 3.63) is 53.6 Å². The third-order valence-corrected chi connectivity index (χ3v) is 3.63. The zero-order chi connectivity index (χ0) is 14.8. The average molecular weight is 286 g/mol. The van der Waals surface area contributed by atoms with Gasteiger partial charge < -0.3 is 9.64 Å². The fourth-order valence-corrected chi connectivity index (χ4v) is 2.67. The fourth-order valence-electron chi connectivity index (χ4n) is 2.67. The normalized spacial score (nSPS) is 13.7. The van der Waals surface area contributed by atoms with Crippen molar-refractivity contribution in [2.24, 2.45) is 0 Å². The molecule has 1 aliphatic rings. The number of pyridine rings is 1. The number of aryl methyl sites for hydroxylation is 1. The van der Waals surface area contributed by atoms with E-state index in [2.05, 4.69) is 4.98 Å². The number of amides is 1. The Morgan fingerprint density at radius 1 is 1.33 bits per heavy atom. The van der Waals surface area contributed by atoms with Crippen molar-refractivity contribution in [2.75, 3.05) is 18.6 Å². The van der Waals surface area contributed by atoms with Gasteiger partial charge in [-0.3, -0.25) is 4.79 Å². The SMILES string of the molecule is COc1cccc2c1N(C(=O)c1cccnc1F)CCC2. The highest BCUT2D eigenvalue weighted by molar-refractivity contribution is 6.07. The first kappa shape index (κ1) is 13.5. The predicted molar refractivity (Wildman–Crippen MR) is 77.2 cm³/mol. The van der Waals surface area contributed by atoms with Crippen LogP contribution in [-0.2, 0) is 6.42 Å². The van der Waals surface area contributed by atoms with Crippen LogP contribution in [0.1, 0.15) is 22.3 Å². The second kappa shape index (κ2) is 5.52. The number of carbonyl (C=O) groups is 1. The second-order valence-corrected chi connectivity index (χ2v) is 4.87. The van der Waals surface area contributed by atoms with Gasteiger partial charge in [-0.15, -0.1) is 0 Å². The standard InChI is InChI=1S/C16H15FN2O2/c1-21-13-8-2-5-11-6-4-10-19(14(11)13)16(20)12-7-3-9-18-15(12)17/h2-3,5,7-9H,4,6,10H2,1H3. The van der Waals surface area contributed by atoms with Crippen molar-refractivity contribution in [3.8, 4) is 5.75 Å². The van der Waals surface area contributed by atoms with Crippen molar-refractivity contribution in [1.82, 2.24) is 4.98 Å². The summed E-state index contributed by atoms with van der Waals surface area (Å²) in [5.41, 5.74) is 1.76. The van der Waals surface area contributed by atoms with Gasteiger partial charge in [0.25, 0.3) is 5.91 Å². The number of ether oxygens (including phenoxy) is 1. The quantitative estimate of drug-likeness (QED) is 0.797. The number of fused-ring (bicyclic) bond motifs is 1. The number of aromatic nitrogens is 1. The molecule has 0 bridgehead atoms. The third kappa shape index (κ3) is 2.35. The summed E-state index contributed by atoms with van der Waals surface area (Å²) in [6.07, 6.45) is 3.05. The minimum absolute atomic E-state index is 0.0174. The van der Waals surface area contributed by atoms with Crippen LogP contribution >= 0.6 is 0 Å². The molecule has 0 N–H and O–H groups in total. The molecule has 0 fully saturated rings. The molecule has 2 heterocycles. The fraction of sp³-hybridized carbons (Fsp3) is 0.250. The monoisotopic (exact) mass is 286 g/mol. The van der Waals surface area contributed by atoms with Gasteiger partial charge in [0.2, 0.25) is 5.95 Å². The van der Waals surface area contributed by atoms with E-state index in [-0.39, 0.29) is 11.5 Å². The summed E-state index contributed by atoms with van der Waals surface area (Å²) in [6.45, 7) is 0.542. The third-order valence-electron chi connectivity index (χ3n) is 3.63. The van der Waals surface area contributed by atoms with E-state index in [9.17, 15) is 9.18 Å². The highest BCUT2D eigenvalue weighted by Crippen LogP contribution is 2.36. The Morgan fingerprint density at radius 2 is 2.19 bits per heavy atom. The smallest absolute Gasteiger partial charge is 0.263 e. The molecule has 4 nitrogen and oxygen atoms in total. The van der Waals surface area contributed by atoms with Crippen molar-refractivity contribution in [1.29, 1.82) is 0 Å². The zero-order valence-corrected chi connectivity index (χ0v) is 11.7. The summed E-state index contributed by atoms with van der Waals surface area (Å²) in [6, 6.07) is 8.69. The first-order valence-corrected chi connectivity index (χ1v) is 6.80. The molecule has 1 aromatic carbocycles. The number of halogens is 1. The van der Waals surface area contributed by atoms with Gasteiger partial charge >= 0.3 is 0 Å². The molecule has 0 atom stereocenters. The summed E-state index contributed by atoms with van der Waals surface area (Å²) < 4.78 is 19.1. The van der Waals surface area contributed by atoms with Crippen molar-refractivity contribution < 1.29 is 13.9 Å². The highest BCUT2D eigenvalue weighted by atomic mass is 19.1. The number of benzene rings is 1. The van der Waals surface area contributed by atoms with E-state index < -0.39 is 5.95 Å². The van der Waals surface area contributed by atoms with E-state index >= 15 is 0 Å². The van der Waals surface area contributed by atoms with Crippen LogP contribution in [-0.4, -0.2) is 24.5 Å². The van der Waals surface area contributed by atoms with Crippen LogP contribution in [0.3, 0.4) is 0 Å². The molecule has 0 saturated heterocycles. The first-order valence-electron chi connectivity index (χ1n) is 6.80. The minimum atomic E-state index is -0.746. The lowest BCUT2D eigenvalue weighted by Gasteiger charge is -2.30. The lowest BCUT2D eigenvalue weighted by Crippen LogP contribution is -2.36. The van der Waals surface area contributed by atoms with Gasteiger partial charge in [-0.05, 0) is 36.6 Å². The molecule has 0 radical (unpaired) electrons. The van der Waals surface area contributed by atoms with Gasteiger partial charge in [-0.25, -0.2) is 4.98 Å². The van der Waals surface area contributed by atoms with Crippen molar-refractivity contribution in [3.63, 3.8) is 0 Å². The second-order valence-electron chi connectivity index (χ2n) is 4.87. The Balaban J connectivity index is 2.06. The molecule has 0 unspecified atom stereocenters. The van der Waals surface area contributed by atoms with Crippen LogP contribution in [0.4, 0.5) is 10.1 Å². The summed E-state index contributed by atoms with van der Waals surface area (Å²) in [4.78, 5) is 17.8. The molecule has 108 valence electrons. The summed E-state index contributed by atoms with van der Waals surface area (Å²) in [5.74, 6) is -0.500. The molecule has 0 spiro atoms. The van der Waals surface area contributed by atoms with E-state index in [1.165, 1.54) is 12.3 Å². The topological polar surface area (TPSA) is 42.4 Å². The molecule has 1 aliphatic heterocycles. The van der Waals surface area contributed by atoms with Gasteiger partial charge in [0, 0.05) is 12.7 Å². The lowest BCUT2D eigenvalue weighted by molar-refractivity contribution is 0.0979. The van der Waals surface area contributed by atoms with E-state index in [0.29, 0.717) is 12.3 Å². The van der Waals surface area contributed by atoms with Crippen LogP contribution in [0.5, 0.6) is 5.75 Å². The van der Waals surface area contributed by atoms with Crippen molar-refractivity contribution >= 4 is 11.6 Å². The lowest BCUT2D eigenvalue weighted by atomic mass is 10.00. The molecule has 1 amide bonds. The van der Waals surface area contributed by atoms with Crippen LogP contribution < -0.4 is 9.64 Å². The molecular weight excluding hydrogens is 271 g/mol. The van der Waals surface area contributed by atoms with E-state index in [0.717, 1.165) is 24.1 Å².